The van der Waals surface area contributed by atoms with Crippen LogP contribution in [0.2, 0.25) is 0 Å². The quantitative estimate of drug-likeness (QED) is 0.775. The van der Waals surface area contributed by atoms with Crippen molar-refractivity contribution in [3.05, 3.63) is 22.6 Å². The molecule has 1 amide bonds. The Morgan fingerprint density at radius 2 is 1.73 bits per heavy atom. The van der Waals surface area contributed by atoms with Crippen molar-refractivity contribution in [3.8, 4) is 11.5 Å². The topological polar surface area (TPSA) is 73.9 Å². The second-order valence-corrected chi connectivity index (χ2v) is 7.90. The predicted octanol–water partition coefficient (Wildman–Crippen LogP) is 3.69. The van der Waals surface area contributed by atoms with Crippen molar-refractivity contribution in [1.29, 1.82) is 0 Å². The molecule has 0 bridgehead atoms. The van der Waals surface area contributed by atoms with Gasteiger partial charge in [-0.1, -0.05) is 0 Å². The fraction of sp³-hybridized carbons (Fsp3) is 0.474. The molecule has 2 rings (SSSR count). The van der Waals surface area contributed by atoms with Crippen LogP contribution < -0.4 is 14.8 Å². The molecule has 0 fully saturated rings. The SMILES string of the molecule is COc1cc2sc(C(=O)NCCC(=O)OC(C)(C)C)c(C)c2cc1OC. The molecule has 7 heteroatoms. The fourth-order valence-electron chi connectivity index (χ4n) is 2.51. The Bertz CT molecular complexity index is 819. The van der Waals surface area contributed by atoms with Crippen LogP contribution >= 0.6 is 11.3 Å². The number of nitrogens with one attached hydrogen (secondary N) is 1. The van der Waals surface area contributed by atoms with Crippen LogP contribution in [0.5, 0.6) is 11.5 Å². The summed E-state index contributed by atoms with van der Waals surface area (Å²) in [6.07, 6.45) is 0.134. The zero-order chi connectivity index (χ0) is 19.5. The molecule has 0 unspecified atom stereocenters. The van der Waals surface area contributed by atoms with E-state index >= 15 is 0 Å². The van der Waals surface area contributed by atoms with Crippen molar-refractivity contribution in [2.24, 2.45) is 0 Å². The third-order valence-electron chi connectivity index (χ3n) is 3.68. The van der Waals surface area contributed by atoms with Crippen molar-refractivity contribution in [2.75, 3.05) is 20.8 Å². The molecule has 0 saturated heterocycles. The third-order valence-corrected chi connectivity index (χ3v) is 4.94. The van der Waals surface area contributed by atoms with Gasteiger partial charge in [-0.25, -0.2) is 0 Å². The molecule has 1 aromatic heterocycles. The molecule has 142 valence electrons. The molecule has 0 atom stereocenters. The summed E-state index contributed by atoms with van der Waals surface area (Å²) in [6, 6.07) is 3.74. The highest BCUT2D eigenvalue weighted by atomic mass is 32.1. The highest BCUT2D eigenvalue weighted by molar-refractivity contribution is 7.21. The van der Waals surface area contributed by atoms with E-state index in [-0.39, 0.29) is 24.8 Å². The minimum atomic E-state index is -0.527. The number of fused-ring (bicyclic) bond motifs is 1. The fourth-order valence-corrected chi connectivity index (χ4v) is 3.65. The van der Waals surface area contributed by atoms with Gasteiger partial charge in [0.05, 0.1) is 25.5 Å². The minimum Gasteiger partial charge on any atom is -0.493 e. The summed E-state index contributed by atoms with van der Waals surface area (Å²) in [6.45, 7) is 7.56. The van der Waals surface area contributed by atoms with Crippen molar-refractivity contribution in [2.45, 2.75) is 39.7 Å². The molecule has 1 N–H and O–H groups in total. The molecule has 0 aliphatic rings. The number of hydrogen-bond acceptors (Lipinski definition) is 6. The van der Waals surface area contributed by atoms with Crippen molar-refractivity contribution >= 4 is 33.3 Å². The first-order valence-electron chi connectivity index (χ1n) is 8.31. The van der Waals surface area contributed by atoms with Gasteiger partial charge >= 0.3 is 5.97 Å². The normalized spacial score (nSPS) is 11.3. The molecule has 0 spiro atoms. The van der Waals surface area contributed by atoms with Crippen LogP contribution in [0.15, 0.2) is 12.1 Å². The second kappa shape index (κ2) is 7.95. The summed E-state index contributed by atoms with van der Waals surface area (Å²) < 4.78 is 16.8. The first kappa shape index (κ1) is 20.0. The Hall–Kier alpha value is -2.28. The first-order chi connectivity index (χ1) is 12.2. The van der Waals surface area contributed by atoms with Crippen LogP contribution in [0.1, 0.15) is 42.4 Å². The predicted molar refractivity (Wildman–Crippen MR) is 102 cm³/mol. The Labute approximate surface area is 157 Å². The maximum atomic E-state index is 12.5. The van der Waals surface area contributed by atoms with Crippen LogP contribution in [-0.2, 0) is 9.53 Å². The number of ether oxygens (including phenoxy) is 3. The van der Waals surface area contributed by atoms with Crippen molar-refractivity contribution < 1.29 is 23.8 Å². The molecule has 0 radical (unpaired) electrons. The number of hydrogen-bond donors (Lipinski definition) is 1. The third kappa shape index (κ3) is 4.66. The van der Waals surface area contributed by atoms with E-state index in [9.17, 15) is 9.59 Å². The summed E-state index contributed by atoms with van der Waals surface area (Å²) >= 11 is 1.39. The van der Waals surface area contributed by atoms with Crippen LogP contribution in [0, 0.1) is 6.92 Å². The molecule has 1 aromatic carbocycles. The second-order valence-electron chi connectivity index (χ2n) is 6.85. The number of thiophene rings is 1. The zero-order valence-electron chi connectivity index (χ0n) is 16.0. The molecular weight excluding hydrogens is 354 g/mol. The van der Waals surface area contributed by atoms with Gasteiger partial charge in [0, 0.05) is 22.7 Å². The number of amides is 1. The van der Waals surface area contributed by atoms with E-state index in [2.05, 4.69) is 5.32 Å². The highest BCUT2D eigenvalue weighted by Gasteiger charge is 2.19. The smallest absolute Gasteiger partial charge is 0.308 e. The minimum absolute atomic E-state index is 0.134. The lowest BCUT2D eigenvalue weighted by atomic mass is 10.1. The van der Waals surface area contributed by atoms with E-state index in [0.29, 0.717) is 16.4 Å². The van der Waals surface area contributed by atoms with E-state index < -0.39 is 5.60 Å². The largest absolute Gasteiger partial charge is 0.493 e. The zero-order valence-corrected chi connectivity index (χ0v) is 16.8. The molecule has 2 aromatic rings. The lowest BCUT2D eigenvalue weighted by Crippen LogP contribution is -2.29. The van der Waals surface area contributed by atoms with Gasteiger partial charge in [-0.3, -0.25) is 9.59 Å². The van der Waals surface area contributed by atoms with Crippen LogP contribution in [-0.4, -0.2) is 38.2 Å². The van der Waals surface area contributed by atoms with Gasteiger partial charge in [-0.2, -0.15) is 0 Å². The van der Waals surface area contributed by atoms with E-state index in [4.69, 9.17) is 14.2 Å². The molecule has 0 aliphatic heterocycles. The molecule has 6 nitrogen and oxygen atoms in total. The standard InChI is InChI=1S/C19H25NO5S/c1-11-12-9-13(23-5)14(24-6)10-15(12)26-17(11)18(22)20-8-7-16(21)25-19(2,3)4/h9-10H,7-8H2,1-6H3,(H,20,22). The van der Waals surface area contributed by atoms with Crippen molar-refractivity contribution in [1.82, 2.24) is 5.32 Å². The van der Waals surface area contributed by atoms with Gasteiger partial charge in [0.15, 0.2) is 11.5 Å². The average molecular weight is 379 g/mol. The van der Waals surface area contributed by atoms with E-state index in [1.807, 2.05) is 39.8 Å². The van der Waals surface area contributed by atoms with Crippen LogP contribution in [0.4, 0.5) is 0 Å². The van der Waals surface area contributed by atoms with Crippen molar-refractivity contribution in [3.63, 3.8) is 0 Å². The monoisotopic (exact) mass is 379 g/mol. The summed E-state index contributed by atoms with van der Waals surface area (Å²) in [5.41, 5.74) is 0.349. The van der Waals surface area contributed by atoms with E-state index in [1.54, 1.807) is 14.2 Å². The average Bonchev–Trinajstić information content (AvgIpc) is 2.88. The van der Waals surface area contributed by atoms with E-state index in [1.165, 1.54) is 11.3 Å². The number of carbonyl (C=O) groups is 2. The Morgan fingerprint density at radius 1 is 1.12 bits per heavy atom. The maximum absolute atomic E-state index is 12.5. The molecule has 0 aliphatic carbocycles. The summed E-state index contributed by atoms with van der Waals surface area (Å²) in [7, 11) is 3.16. The van der Waals surface area contributed by atoms with Crippen LogP contribution in [0.25, 0.3) is 10.1 Å². The summed E-state index contributed by atoms with van der Waals surface area (Å²) in [5, 5.41) is 3.73. The Kier molecular flexibility index (Phi) is 6.13. The first-order valence-corrected chi connectivity index (χ1v) is 9.13. The number of benzene rings is 1. The van der Waals surface area contributed by atoms with Gasteiger partial charge in [0.2, 0.25) is 0 Å². The van der Waals surface area contributed by atoms with Gasteiger partial charge in [0.1, 0.15) is 5.60 Å². The number of carbonyl (C=O) groups excluding carboxylic acids is 2. The van der Waals surface area contributed by atoms with Gasteiger partial charge in [0.25, 0.3) is 5.91 Å². The maximum Gasteiger partial charge on any atom is 0.308 e. The van der Waals surface area contributed by atoms with Crippen LogP contribution in [0.3, 0.4) is 0 Å². The molecule has 1 heterocycles. The van der Waals surface area contributed by atoms with Gasteiger partial charge in [-0.05, 0) is 39.3 Å². The van der Waals surface area contributed by atoms with Gasteiger partial charge < -0.3 is 19.5 Å². The van der Waals surface area contributed by atoms with E-state index in [0.717, 1.165) is 15.6 Å². The Balaban J connectivity index is 2.10. The Morgan fingerprint density at radius 3 is 2.31 bits per heavy atom. The van der Waals surface area contributed by atoms with Gasteiger partial charge in [-0.15, -0.1) is 11.3 Å². The number of methoxy groups -OCH3 is 2. The molecule has 26 heavy (non-hydrogen) atoms. The number of rotatable bonds is 6. The lowest BCUT2D eigenvalue weighted by molar-refractivity contribution is -0.154. The number of aryl methyl sites for hydroxylation is 1. The summed E-state index contributed by atoms with van der Waals surface area (Å²) in [5.74, 6) is 0.710. The summed E-state index contributed by atoms with van der Waals surface area (Å²) in [4.78, 5) is 24.8. The highest BCUT2D eigenvalue weighted by Crippen LogP contribution is 2.38. The molecule has 0 saturated carbocycles. The lowest BCUT2D eigenvalue weighted by Gasteiger charge is -2.19. The number of esters is 1. The molecular formula is C19H25NO5S.